The van der Waals surface area contributed by atoms with Crippen LogP contribution in [0.15, 0.2) is 42.0 Å². The molecule has 1 fully saturated rings. The largest absolute Gasteiger partial charge is 0.457 e. The van der Waals surface area contributed by atoms with E-state index in [0.29, 0.717) is 12.0 Å². The van der Waals surface area contributed by atoms with Gasteiger partial charge in [0.25, 0.3) is 0 Å². The molecule has 0 saturated carbocycles. The van der Waals surface area contributed by atoms with Crippen LogP contribution >= 0.6 is 11.3 Å². The number of aliphatic hydroxyl groups is 2. The van der Waals surface area contributed by atoms with E-state index in [-0.39, 0.29) is 6.42 Å². The number of aryl methyl sites for hydroxylation is 1. The van der Waals surface area contributed by atoms with Crippen molar-refractivity contribution in [3.8, 4) is 0 Å². The molecule has 4 rings (SSSR count). The highest BCUT2D eigenvalue weighted by atomic mass is 32.1. The average molecular weight is 316 g/mol. The first-order chi connectivity index (χ1) is 10.5. The Bertz CT molecular complexity index is 745. The molecule has 0 amide bonds. The van der Waals surface area contributed by atoms with Gasteiger partial charge in [0.15, 0.2) is 5.60 Å². The van der Waals surface area contributed by atoms with Crippen molar-refractivity contribution in [3.63, 3.8) is 0 Å². The summed E-state index contributed by atoms with van der Waals surface area (Å²) in [5.41, 5.74) is -0.846. The van der Waals surface area contributed by atoms with Crippen molar-refractivity contribution < 1.29 is 19.7 Å². The minimum atomic E-state index is -1.54. The second kappa shape index (κ2) is 4.91. The van der Waals surface area contributed by atoms with Crippen LogP contribution in [0.5, 0.6) is 0 Å². The van der Waals surface area contributed by atoms with E-state index in [1.54, 1.807) is 11.3 Å². The Morgan fingerprint density at radius 3 is 2.95 bits per heavy atom. The molecule has 1 saturated heterocycles. The van der Waals surface area contributed by atoms with Crippen LogP contribution in [-0.4, -0.2) is 34.0 Å². The number of carbonyl (C=O) groups is 1. The smallest absolute Gasteiger partial charge is 0.342 e. The number of fused-ring (bicyclic) bond motifs is 3. The highest BCUT2D eigenvalue weighted by Gasteiger charge is 2.52. The molecule has 1 aliphatic carbocycles. The van der Waals surface area contributed by atoms with E-state index in [2.05, 4.69) is 18.2 Å². The lowest BCUT2D eigenvalue weighted by Gasteiger charge is -2.26. The monoisotopic (exact) mass is 316 g/mol. The number of thiophene rings is 1. The first-order valence-corrected chi connectivity index (χ1v) is 8.17. The first kappa shape index (κ1) is 13.9. The van der Waals surface area contributed by atoms with E-state index in [4.69, 9.17) is 4.74 Å². The maximum atomic E-state index is 11.6. The average Bonchev–Trinajstić information content (AvgIpc) is 3.02. The Balaban J connectivity index is 1.55. The summed E-state index contributed by atoms with van der Waals surface area (Å²) in [5, 5.41) is 21.7. The first-order valence-electron chi connectivity index (χ1n) is 7.36. The molecule has 4 nitrogen and oxygen atoms in total. The van der Waals surface area contributed by atoms with E-state index >= 15 is 0 Å². The van der Waals surface area contributed by atoms with Crippen LogP contribution in [0.1, 0.15) is 17.7 Å². The minimum Gasteiger partial charge on any atom is -0.457 e. The SMILES string of the molecule is O=C1O[C@@H]2C[C@@]1(O)C=C(CCc1cc3ccccc3s1)[C@H]2O. The number of benzene rings is 1. The standard InChI is InChI=1S/C17H16O4S/c18-15-11(8-17(20)9-13(15)21-16(17)19)5-6-12-7-10-3-1-2-4-14(10)22-12/h1-4,7-8,13,15,18,20H,5-6,9H2/t13-,15-,17+/m1/s1. The molecule has 2 aliphatic rings. The number of ether oxygens (including phenoxy) is 1. The summed E-state index contributed by atoms with van der Waals surface area (Å²) in [4.78, 5) is 12.9. The second-order valence-corrected chi connectivity index (χ2v) is 7.16. The predicted octanol–water partition coefficient (Wildman–Crippen LogP) is 2.18. The molecule has 3 atom stereocenters. The molecule has 2 heterocycles. The van der Waals surface area contributed by atoms with Crippen molar-refractivity contribution in [2.24, 2.45) is 0 Å². The van der Waals surface area contributed by atoms with Crippen LogP contribution in [0.2, 0.25) is 0 Å². The second-order valence-electron chi connectivity index (χ2n) is 5.99. The molecule has 2 N–H and O–H groups in total. The summed E-state index contributed by atoms with van der Waals surface area (Å²) >= 11 is 1.73. The van der Waals surface area contributed by atoms with Gasteiger partial charge in [-0.15, -0.1) is 11.3 Å². The minimum absolute atomic E-state index is 0.152. The quantitative estimate of drug-likeness (QED) is 0.673. The number of aliphatic hydroxyl groups excluding tert-OH is 1. The fourth-order valence-electron chi connectivity index (χ4n) is 3.24. The number of hydrogen-bond acceptors (Lipinski definition) is 5. The zero-order valence-corrected chi connectivity index (χ0v) is 12.7. The third-order valence-corrected chi connectivity index (χ3v) is 5.59. The van der Waals surface area contributed by atoms with Gasteiger partial charge in [-0.2, -0.15) is 0 Å². The summed E-state index contributed by atoms with van der Waals surface area (Å²) in [5.74, 6) is -0.645. The summed E-state index contributed by atoms with van der Waals surface area (Å²) < 4.78 is 6.29. The lowest BCUT2D eigenvalue weighted by molar-refractivity contribution is -0.152. The van der Waals surface area contributed by atoms with Crippen LogP contribution < -0.4 is 0 Å². The van der Waals surface area contributed by atoms with Gasteiger partial charge < -0.3 is 14.9 Å². The van der Waals surface area contributed by atoms with Crippen molar-refractivity contribution >= 4 is 27.4 Å². The molecular weight excluding hydrogens is 300 g/mol. The van der Waals surface area contributed by atoms with Crippen molar-refractivity contribution in [2.75, 3.05) is 0 Å². The summed E-state index contributed by atoms with van der Waals surface area (Å²) in [6, 6.07) is 10.4. The number of esters is 1. The Morgan fingerprint density at radius 2 is 2.14 bits per heavy atom. The molecule has 1 aromatic carbocycles. The molecule has 2 aromatic rings. The Labute approximate surface area is 131 Å². The van der Waals surface area contributed by atoms with E-state index in [1.807, 2.05) is 12.1 Å². The van der Waals surface area contributed by atoms with Gasteiger partial charge in [0.05, 0.1) is 0 Å². The zero-order chi connectivity index (χ0) is 15.3. The van der Waals surface area contributed by atoms with Crippen LogP contribution in [0.3, 0.4) is 0 Å². The normalized spacial score (nSPS) is 30.5. The molecule has 0 spiro atoms. The van der Waals surface area contributed by atoms with Crippen LogP contribution in [0.25, 0.3) is 10.1 Å². The molecular formula is C17H16O4S. The van der Waals surface area contributed by atoms with E-state index in [0.717, 1.165) is 6.42 Å². The molecule has 0 unspecified atom stereocenters. The Hall–Kier alpha value is -1.69. The maximum Gasteiger partial charge on any atom is 0.342 e. The molecule has 0 radical (unpaired) electrons. The van der Waals surface area contributed by atoms with Gasteiger partial charge in [0.2, 0.25) is 0 Å². The van der Waals surface area contributed by atoms with Crippen molar-refractivity contribution in [1.29, 1.82) is 0 Å². The number of carbonyl (C=O) groups excluding carboxylic acids is 1. The third kappa shape index (κ3) is 2.17. The number of hydrogen-bond donors (Lipinski definition) is 2. The van der Waals surface area contributed by atoms with Crippen LogP contribution in [-0.2, 0) is 16.0 Å². The van der Waals surface area contributed by atoms with Gasteiger partial charge in [-0.3, -0.25) is 0 Å². The van der Waals surface area contributed by atoms with Crippen LogP contribution in [0, 0.1) is 0 Å². The van der Waals surface area contributed by atoms with E-state index in [1.165, 1.54) is 21.0 Å². The molecule has 1 aromatic heterocycles. The van der Waals surface area contributed by atoms with E-state index in [9.17, 15) is 15.0 Å². The number of rotatable bonds is 3. The molecule has 2 bridgehead atoms. The molecule has 5 heteroatoms. The van der Waals surface area contributed by atoms with Crippen LogP contribution in [0.4, 0.5) is 0 Å². The highest BCUT2D eigenvalue weighted by molar-refractivity contribution is 7.19. The summed E-state index contributed by atoms with van der Waals surface area (Å²) in [6.07, 6.45) is 1.62. The Kier molecular flexibility index (Phi) is 3.11. The van der Waals surface area contributed by atoms with Crippen molar-refractivity contribution in [3.05, 3.63) is 46.9 Å². The lowest BCUT2D eigenvalue weighted by Crippen LogP contribution is -2.38. The van der Waals surface area contributed by atoms with Crippen molar-refractivity contribution in [1.82, 2.24) is 0 Å². The molecule has 114 valence electrons. The van der Waals surface area contributed by atoms with E-state index < -0.39 is 23.8 Å². The molecule has 22 heavy (non-hydrogen) atoms. The predicted molar refractivity (Wildman–Crippen MR) is 83.7 cm³/mol. The Morgan fingerprint density at radius 1 is 1.32 bits per heavy atom. The fourth-order valence-corrected chi connectivity index (χ4v) is 4.31. The summed E-state index contributed by atoms with van der Waals surface area (Å²) in [6.45, 7) is 0. The lowest BCUT2D eigenvalue weighted by atomic mass is 9.84. The van der Waals surface area contributed by atoms with Gasteiger partial charge >= 0.3 is 5.97 Å². The van der Waals surface area contributed by atoms with Gasteiger partial charge in [-0.1, -0.05) is 18.2 Å². The van der Waals surface area contributed by atoms with Gasteiger partial charge in [0.1, 0.15) is 12.2 Å². The van der Waals surface area contributed by atoms with Gasteiger partial charge in [-0.05, 0) is 42.0 Å². The topological polar surface area (TPSA) is 66.8 Å². The fraction of sp³-hybridized carbons (Fsp3) is 0.353. The highest BCUT2D eigenvalue weighted by Crippen LogP contribution is 2.38. The molecule has 1 aliphatic heterocycles. The summed E-state index contributed by atoms with van der Waals surface area (Å²) in [7, 11) is 0. The maximum absolute atomic E-state index is 11.6. The zero-order valence-electron chi connectivity index (χ0n) is 11.9. The third-order valence-electron chi connectivity index (χ3n) is 4.42. The van der Waals surface area contributed by atoms with Crippen molar-refractivity contribution in [2.45, 2.75) is 37.1 Å². The van der Waals surface area contributed by atoms with Gasteiger partial charge in [-0.25, -0.2) is 4.79 Å². The van der Waals surface area contributed by atoms with Gasteiger partial charge in [0, 0.05) is 16.0 Å².